The highest BCUT2D eigenvalue weighted by Crippen LogP contribution is 2.24. The van der Waals surface area contributed by atoms with Gasteiger partial charge in [0.2, 0.25) is 11.5 Å². The van der Waals surface area contributed by atoms with Crippen molar-refractivity contribution in [2.24, 2.45) is 0 Å². The highest BCUT2D eigenvalue weighted by atomic mass is 16.5. The molecule has 0 unspecified atom stereocenters. The number of aryl methyl sites for hydroxylation is 1. The number of rotatable bonds is 2. The molecule has 0 aliphatic rings. The summed E-state index contributed by atoms with van der Waals surface area (Å²) in [5, 5.41) is 9.44. The van der Waals surface area contributed by atoms with Crippen LogP contribution in [0.4, 0.5) is 0 Å². The molecule has 17 heavy (non-hydrogen) atoms. The molecule has 0 N–H and O–H groups in total. The van der Waals surface area contributed by atoms with Crippen LogP contribution in [0.1, 0.15) is 28.7 Å². The van der Waals surface area contributed by atoms with E-state index in [1.54, 1.807) is 26.0 Å². The molecule has 0 spiro atoms. The fourth-order valence-corrected chi connectivity index (χ4v) is 1.55. The lowest BCUT2D eigenvalue weighted by atomic mass is 10.2. The molecule has 0 atom stereocenters. The van der Waals surface area contributed by atoms with Crippen LogP contribution >= 0.6 is 0 Å². The topological polar surface area (TPSA) is 76.1 Å². The molecule has 0 aromatic carbocycles. The van der Waals surface area contributed by atoms with Crippen LogP contribution in [0.2, 0.25) is 0 Å². The maximum Gasteiger partial charge on any atom is 0.374 e. The van der Waals surface area contributed by atoms with Gasteiger partial charge in [-0.15, -0.1) is 0 Å². The molecule has 2 heterocycles. The van der Waals surface area contributed by atoms with Gasteiger partial charge in [-0.2, -0.15) is 5.26 Å². The maximum absolute atomic E-state index is 11.6. The first-order chi connectivity index (χ1) is 8.17. The summed E-state index contributed by atoms with van der Waals surface area (Å²) in [7, 11) is 0. The van der Waals surface area contributed by atoms with E-state index in [0.29, 0.717) is 10.9 Å². The van der Waals surface area contributed by atoms with Gasteiger partial charge < -0.3 is 9.15 Å². The lowest BCUT2D eigenvalue weighted by Crippen LogP contribution is -2.04. The summed E-state index contributed by atoms with van der Waals surface area (Å²) in [4.78, 5) is 15.6. The molecule has 0 bridgehead atoms. The average molecular weight is 230 g/mol. The van der Waals surface area contributed by atoms with Gasteiger partial charge in [-0.3, -0.25) is 0 Å². The summed E-state index contributed by atoms with van der Waals surface area (Å²) in [6, 6.07) is 5.21. The van der Waals surface area contributed by atoms with Crippen molar-refractivity contribution in [1.82, 2.24) is 4.98 Å². The van der Waals surface area contributed by atoms with Crippen molar-refractivity contribution in [2.75, 3.05) is 6.61 Å². The van der Waals surface area contributed by atoms with Gasteiger partial charge in [-0.05, 0) is 26.0 Å². The van der Waals surface area contributed by atoms with Crippen molar-refractivity contribution < 1.29 is 13.9 Å². The molecule has 2 rings (SSSR count). The van der Waals surface area contributed by atoms with Gasteiger partial charge in [-0.1, -0.05) is 0 Å². The number of nitrogens with zero attached hydrogens (tertiary/aromatic N) is 2. The zero-order valence-corrected chi connectivity index (χ0v) is 9.48. The zero-order valence-electron chi connectivity index (χ0n) is 9.48. The number of ether oxygens (including phenoxy) is 1. The van der Waals surface area contributed by atoms with Crippen LogP contribution in [-0.2, 0) is 4.74 Å². The quantitative estimate of drug-likeness (QED) is 0.739. The SMILES string of the molecule is CCOC(=O)c1oc2nc(C#N)ccc2c1C. The summed E-state index contributed by atoms with van der Waals surface area (Å²) in [5.74, 6) is -0.369. The molecule has 5 heteroatoms. The second-order valence-corrected chi connectivity index (χ2v) is 3.44. The van der Waals surface area contributed by atoms with Gasteiger partial charge in [0.15, 0.2) is 0 Å². The molecular formula is C12H10N2O3. The van der Waals surface area contributed by atoms with Crippen molar-refractivity contribution >= 4 is 17.1 Å². The van der Waals surface area contributed by atoms with E-state index >= 15 is 0 Å². The Labute approximate surface area is 97.6 Å². The Bertz CT molecular complexity index is 622. The molecule has 0 aliphatic heterocycles. The minimum Gasteiger partial charge on any atom is -0.460 e. The van der Waals surface area contributed by atoms with E-state index in [-0.39, 0.29) is 23.8 Å². The molecule has 0 fully saturated rings. The Morgan fingerprint density at radius 1 is 1.59 bits per heavy atom. The highest BCUT2D eigenvalue weighted by Gasteiger charge is 2.19. The summed E-state index contributed by atoms with van der Waals surface area (Å²) >= 11 is 0. The number of hydrogen-bond acceptors (Lipinski definition) is 5. The number of carbonyl (C=O) groups is 1. The van der Waals surface area contributed by atoms with Crippen LogP contribution < -0.4 is 0 Å². The van der Waals surface area contributed by atoms with Crippen LogP contribution in [0, 0.1) is 18.3 Å². The molecule has 0 radical (unpaired) electrons. The van der Waals surface area contributed by atoms with Gasteiger partial charge in [0, 0.05) is 10.9 Å². The first kappa shape index (κ1) is 11.1. The largest absolute Gasteiger partial charge is 0.460 e. The second kappa shape index (κ2) is 4.26. The Morgan fingerprint density at radius 2 is 2.35 bits per heavy atom. The van der Waals surface area contributed by atoms with Crippen molar-refractivity contribution in [3.05, 3.63) is 29.2 Å². The van der Waals surface area contributed by atoms with Crippen LogP contribution in [-0.4, -0.2) is 17.6 Å². The van der Waals surface area contributed by atoms with E-state index in [1.807, 2.05) is 6.07 Å². The third-order valence-corrected chi connectivity index (χ3v) is 2.38. The Kier molecular flexibility index (Phi) is 2.79. The van der Waals surface area contributed by atoms with E-state index in [2.05, 4.69) is 4.98 Å². The molecule has 0 amide bonds. The van der Waals surface area contributed by atoms with E-state index in [4.69, 9.17) is 14.4 Å². The predicted molar refractivity (Wildman–Crippen MR) is 59.4 cm³/mol. The molecule has 2 aromatic heterocycles. The Morgan fingerprint density at radius 3 is 3.00 bits per heavy atom. The fourth-order valence-electron chi connectivity index (χ4n) is 1.55. The minimum atomic E-state index is -0.512. The molecular weight excluding hydrogens is 220 g/mol. The van der Waals surface area contributed by atoms with Crippen LogP contribution in [0.25, 0.3) is 11.1 Å². The third kappa shape index (κ3) is 1.85. The van der Waals surface area contributed by atoms with Crippen LogP contribution in [0.15, 0.2) is 16.5 Å². The highest BCUT2D eigenvalue weighted by molar-refractivity contribution is 5.94. The van der Waals surface area contributed by atoms with Crippen molar-refractivity contribution in [2.45, 2.75) is 13.8 Å². The molecule has 0 saturated carbocycles. The van der Waals surface area contributed by atoms with E-state index < -0.39 is 5.97 Å². The van der Waals surface area contributed by atoms with Gasteiger partial charge in [0.25, 0.3) is 0 Å². The summed E-state index contributed by atoms with van der Waals surface area (Å²) in [5.41, 5.74) is 1.21. The number of carbonyl (C=O) groups excluding carboxylic acids is 1. The normalized spacial score (nSPS) is 10.2. The summed E-state index contributed by atoms with van der Waals surface area (Å²) in [6.45, 7) is 3.76. The van der Waals surface area contributed by atoms with Crippen molar-refractivity contribution in [1.29, 1.82) is 5.26 Å². The first-order valence-electron chi connectivity index (χ1n) is 5.14. The monoisotopic (exact) mass is 230 g/mol. The standard InChI is InChI=1S/C12H10N2O3/c1-3-16-12(15)10-7(2)9-5-4-8(6-13)14-11(9)17-10/h4-5H,3H2,1-2H3. The minimum absolute atomic E-state index is 0.143. The van der Waals surface area contributed by atoms with E-state index in [1.165, 1.54) is 0 Å². The number of esters is 1. The van der Waals surface area contributed by atoms with Crippen molar-refractivity contribution in [3.8, 4) is 6.07 Å². The first-order valence-corrected chi connectivity index (χ1v) is 5.14. The van der Waals surface area contributed by atoms with Gasteiger partial charge in [0.05, 0.1) is 6.61 Å². The lowest BCUT2D eigenvalue weighted by Gasteiger charge is -1.97. The van der Waals surface area contributed by atoms with E-state index in [0.717, 1.165) is 0 Å². The predicted octanol–water partition coefficient (Wildman–Crippen LogP) is 2.18. The molecule has 86 valence electrons. The van der Waals surface area contributed by atoms with Crippen LogP contribution in [0.5, 0.6) is 0 Å². The fraction of sp³-hybridized carbons (Fsp3) is 0.250. The number of fused-ring (bicyclic) bond motifs is 1. The molecule has 5 nitrogen and oxygen atoms in total. The zero-order chi connectivity index (χ0) is 12.4. The third-order valence-electron chi connectivity index (χ3n) is 2.38. The van der Waals surface area contributed by atoms with Gasteiger partial charge in [0.1, 0.15) is 11.8 Å². The van der Waals surface area contributed by atoms with Gasteiger partial charge >= 0.3 is 5.97 Å². The summed E-state index contributed by atoms with van der Waals surface area (Å²) < 4.78 is 10.2. The molecule has 0 saturated heterocycles. The van der Waals surface area contributed by atoms with Crippen LogP contribution in [0.3, 0.4) is 0 Å². The molecule has 0 aliphatic carbocycles. The number of hydrogen-bond donors (Lipinski definition) is 0. The summed E-state index contributed by atoms with van der Waals surface area (Å²) in [6.07, 6.45) is 0. The average Bonchev–Trinajstić information content (AvgIpc) is 2.66. The van der Waals surface area contributed by atoms with Crippen molar-refractivity contribution in [3.63, 3.8) is 0 Å². The molecule has 2 aromatic rings. The smallest absolute Gasteiger partial charge is 0.374 e. The second-order valence-electron chi connectivity index (χ2n) is 3.44. The maximum atomic E-state index is 11.6. The number of aromatic nitrogens is 1. The Hall–Kier alpha value is -2.35. The Balaban J connectivity index is 2.57. The lowest BCUT2D eigenvalue weighted by molar-refractivity contribution is 0.0491. The van der Waals surface area contributed by atoms with Gasteiger partial charge in [-0.25, -0.2) is 9.78 Å². The number of furan rings is 1. The van der Waals surface area contributed by atoms with E-state index in [9.17, 15) is 4.79 Å². The number of nitriles is 1. The number of pyridine rings is 1.